The van der Waals surface area contributed by atoms with Crippen molar-refractivity contribution >= 4 is 17.9 Å². The molecule has 0 aromatic rings. The van der Waals surface area contributed by atoms with Gasteiger partial charge in [0.15, 0.2) is 6.10 Å². The van der Waals surface area contributed by atoms with Crippen LogP contribution in [0.25, 0.3) is 0 Å². The number of ether oxygens (including phenoxy) is 3. The van der Waals surface area contributed by atoms with E-state index in [0.717, 1.165) is 69.6 Å². The van der Waals surface area contributed by atoms with E-state index in [0.29, 0.717) is 19.3 Å². The fourth-order valence-electron chi connectivity index (χ4n) is 7.99. The zero-order valence-corrected chi connectivity index (χ0v) is 40.4. The summed E-state index contributed by atoms with van der Waals surface area (Å²) in [5.74, 6) is 0.743. The lowest BCUT2D eigenvalue weighted by Crippen LogP contribution is -2.30. The fourth-order valence-corrected chi connectivity index (χ4v) is 7.99. The highest BCUT2D eigenvalue weighted by atomic mass is 16.6. The molecule has 0 aliphatic heterocycles. The smallest absolute Gasteiger partial charge is 0.306 e. The topological polar surface area (TPSA) is 78.9 Å². The number of hydrogen-bond acceptors (Lipinski definition) is 6. The molecule has 6 nitrogen and oxygen atoms in total. The van der Waals surface area contributed by atoms with Crippen molar-refractivity contribution in [1.82, 2.24) is 0 Å². The monoisotopic (exact) mass is 835 g/mol. The third-order valence-corrected chi connectivity index (χ3v) is 12.0. The van der Waals surface area contributed by atoms with Gasteiger partial charge in [-0.25, -0.2) is 0 Å². The summed E-state index contributed by atoms with van der Waals surface area (Å²) in [4.78, 5) is 37.9. The van der Waals surface area contributed by atoms with Gasteiger partial charge >= 0.3 is 17.9 Å². The minimum absolute atomic E-state index is 0.0644. The van der Waals surface area contributed by atoms with Gasteiger partial charge in [-0.2, -0.15) is 0 Å². The molecule has 0 unspecified atom stereocenters. The van der Waals surface area contributed by atoms with E-state index in [1.165, 1.54) is 180 Å². The molecule has 0 aliphatic carbocycles. The summed E-state index contributed by atoms with van der Waals surface area (Å²) in [7, 11) is 0. The zero-order chi connectivity index (χ0) is 43.3. The molecule has 59 heavy (non-hydrogen) atoms. The van der Waals surface area contributed by atoms with Crippen LogP contribution in [0.15, 0.2) is 0 Å². The average molecular weight is 835 g/mol. The lowest BCUT2D eigenvalue weighted by atomic mass is 10.0. The Labute approximate surface area is 368 Å². The van der Waals surface area contributed by atoms with Crippen molar-refractivity contribution in [3.8, 4) is 0 Å². The molecule has 0 aromatic carbocycles. The highest BCUT2D eigenvalue weighted by Crippen LogP contribution is 2.17. The predicted molar refractivity (Wildman–Crippen MR) is 252 cm³/mol. The molecule has 0 N–H and O–H groups in total. The molecule has 0 heterocycles. The van der Waals surface area contributed by atoms with Crippen LogP contribution >= 0.6 is 0 Å². The number of carbonyl (C=O) groups is 3. The maximum atomic E-state index is 12.8. The van der Waals surface area contributed by atoms with E-state index in [2.05, 4.69) is 34.6 Å². The van der Waals surface area contributed by atoms with Crippen LogP contribution in [0.2, 0.25) is 0 Å². The second-order valence-electron chi connectivity index (χ2n) is 19.1. The quantitative estimate of drug-likeness (QED) is 0.0345. The van der Waals surface area contributed by atoms with Crippen molar-refractivity contribution in [1.29, 1.82) is 0 Å². The van der Waals surface area contributed by atoms with Crippen LogP contribution in [0, 0.1) is 11.8 Å². The van der Waals surface area contributed by atoms with E-state index < -0.39 is 6.10 Å². The zero-order valence-electron chi connectivity index (χ0n) is 40.4. The Balaban J connectivity index is 4.25. The minimum Gasteiger partial charge on any atom is -0.462 e. The van der Waals surface area contributed by atoms with Crippen LogP contribution in [0.1, 0.15) is 291 Å². The number of unbranched alkanes of at least 4 members (excludes halogenated alkanes) is 32. The van der Waals surface area contributed by atoms with Gasteiger partial charge < -0.3 is 14.2 Å². The maximum Gasteiger partial charge on any atom is 0.306 e. The molecule has 0 rings (SSSR count). The number of hydrogen-bond donors (Lipinski definition) is 0. The molecule has 0 saturated carbocycles. The van der Waals surface area contributed by atoms with E-state index in [9.17, 15) is 14.4 Å². The third kappa shape index (κ3) is 47.3. The molecule has 0 radical (unpaired) electrons. The molecule has 0 aromatic heterocycles. The van der Waals surface area contributed by atoms with Crippen molar-refractivity contribution in [2.75, 3.05) is 13.2 Å². The molecule has 0 aliphatic rings. The molecule has 1 atom stereocenters. The van der Waals surface area contributed by atoms with Crippen molar-refractivity contribution in [2.24, 2.45) is 11.8 Å². The molecule has 0 saturated heterocycles. The van der Waals surface area contributed by atoms with Crippen molar-refractivity contribution in [2.45, 2.75) is 298 Å². The van der Waals surface area contributed by atoms with Crippen LogP contribution in [-0.2, 0) is 28.6 Å². The van der Waals surface area contributed by atoms with E-state index in [1.807, 2.05) is 0 Å². The Kier molecular flexibility index (Phi) is 44.7. The van der Waals surface area contributed by atoms with E-state index in [-0.39, 0.29) is 31.1 Å². The van der Waals surface area contributed by atoms with Crippen molar-refractivity contribution in [3.63, 3.8) is 0 Å². The van der Waals surface area contributed by atoms with Crippen molar-refractivity contribution < 1.29 is 28.6 Å². The Morgan fingerprint density at radius 1 is 0.322 bits per heavy atom. The summed E-state index contributed by atoms with van der Waals surface area (Å²) in [6, 6.07) is 0. The molecule has 0 amide bonds. The van der Waals surface area contributed by atoms with Gasteiger partial charge in [0, 0.05) is 19.3 Å². The third-order valence-electron chi connectivity index (χ3n) is 12.0. The van der Waals surface area contributed by atoms with Gasteiger partial charge in [0.1, 0.15) is 13.2 Å². The molecular weight excluding hydrogens is 733 g/mol. The van der Waals surface area contributed by atoms with Crippen LogP contribution in [-0.4, -0.2) is 37.2 Å². The van der Waals surface area contributed by atoms with E-state index >= 15 is 0 Å². The fraction of sp³-hybridized carbons (Fsp3) is 0.943. The van der Waals surface area contributed by atoms with Crippen LogP contribution in [0.4, 0.5) is 0 Å². The molecule has 350 valence electrons. The van der Waals surface area contributed by atoms with E-state index in [4.69, 9.17) is 14.2 Å². The van der Waals surface area contributed by atoms with Gasteiger partial charge in [0.25, 0.3) is 0 Å². The number of carbonyl (C=O) groups excluding carboxylic acids is 3. The molecule has 0 bridgehead atoms. The summed E-state index contributed by atoms with van der Waals surface area (Å²) in [6.45, 7) is 11.3. The molecule has 0 spiro atoms. The summed E-state index contributed by atoms with van der Waals surface area (Å²) in [5.41, 5.74) is 0. The molecule has 6 heteroatoms. The van der Waals surface area contributed by atoms with E-state index in [1.54, 1.807) is 0 Å². The normalized spacial score (nSPS) is 12.1. The highest BCUT2D eigenvalue weighted by Gasteiger charge is 2.19. The molecular formula is C53H102O6. The van der Waals surface area contributed by atoms with Gasteiger partial charge in [-0.3, -0.25) is 14.4 Å². The largest absolute Gasteiger partial charge is 0.462 e. The Morgan fingerprint density at radius 3 is 0.831 bits per heavy atom. The summed E-state index contributed by atoms with van der Waals surface area (Å²) in [6.07, 6.45) is 46.8. The number of esters is 3. The first-order valence-electron chi connectivity index (χ1n) is 26.2. The SMILES string of the molecule is CCCCCCCCCCCCCCCCCCCC(=O)OC[C@H](COC(=O)CCCCCCCCC(C)C)OC(=O)CCCCCCCCCCCCCCC(C)C. The Bertz CT molecular complexity index is 900. The second kappa shape index (κ2) is 45.9. The summed E-state index contributed by atoms with van der Waals surface area (Å²) < 4.78 is 16.8. The van der Waals surface area contributed by atoms with Gasteiger partial charge in [-0.1, -0.05) is 253 Å². The van der Waals surface area contributed by atoms with Crippen molar-refractivity contribution in [3.05, 3.63) is 0 Å². The lowest BCUT2D eigenvalue weighted by molar-refractivity contribution is -0.167. The van der Waals surface area contributed by atoms with Gasteiger partial charge in [0.2, 0.25) is 0 Å². The first kappa shape index (κ1) is 57.4. The Hall–Kier alpha value is -1.59. The Morgan fingerprint density at radius 2 is 0.559 bits per heavy atom. The van der Waals surface area contributed by atoms with Crippen LogP contribution < -0.4 is 0 Å². The summed E-state index contributed by atoms with van der Waals surface area (Å²) in [5, 5.41) is 0. The standard InChI is InChI=1S/C53H102O6/c1-6-7-8-9-10-11-12-13-14-15-16-17-21-24-27-33-38-43-51(54)57-46-50(47-58-52(55)44-39-34-30-29-32-37-42-49(4)5)59-53(56)45-40-35-28-25-22-19-18-20-23-26-31-36-41-48(2)3/h48-50H,6-47H2,1-5H3/t50-/m1/s1. The van der Waals surface area contributed by atoms with Gasteiger partial charge in [0.05, 0.1) is 0 Å². The average Bonchev–Trinajstić information content (AvgIpc) is 3.20. The minimum atomic E-state index is -0.762. The lowest BCUT2D eigenvalue weighted by Gasteiger charge is -2.18. The van der Waals surface area contributed by atoms with Crippen LogP contribution in [0.3, 0.4) is 0 Å². The predicted octanol–water partition coefficient (Wildman–Crippen LogP) is 16.9. The maximum absolute atomic E-state index is 12.8. The molecule has 0 fully saturated rings. The number of rotatable bonds is 47. The van der Waals surface area contributed by atoms with Crippen LogP contribution in [0.5, 0.6) is 0 Å². The first-order valence-corrected chi connectivity index (χ1v) is 26.2. The first-order chi connectivity index (χ1) is 28.7. The highest BCUT2D eigenvalue weighted by molar-refractivity contribution is 5.71. The summed E-state index contributed by atoms with van der Waals surface area (Å²) >= 11 is 0. The second-order valence-corrected chi connectivity index (χ2v) is 19.1. The van der Waals surface area contributed by atoms with Gasteiger partial charge in [-0.05, 0) is 31.1 Å². The van der Waals surface area contributed by atoms with Gasteiger partial charge in [-0.15, -0.1) is 0 Å².